The highest BCUT2D eigenvalue weighted by Crippen LogP contribution is 2.45. The van der Waals surface area contributed by atoms with Gasteiger partial charge in [0.15, 0.2) is 12.2 Å². The van der Waals surface area contributed by atoms with E-state index < -0.39 is 97.5 Å². The Bertz CT molecular complexity index is 1770. The first-order valence-electron chi connectivity index (χ1n) is 37.5. The maximum absolute atomic E-state index is 13.0. The van der Waals surface area contributed by atoms with Gasteiger partial charge in [0.05, 0.1) is 26.4 Å². The molecule has 19 heteroatoms. The minimum Gasteiger partial charge on any atom is -0.462 e. The molecule has 17 nitrogen and oxygen atoms in total. The van der Waals surface area contributed by atoms with Crippen molar-refractivity contribution in [1.82, 2.24) is 0 Å². The number of aliphatic hydroxyl groups is 1. The number of aliphatic hydroxyl groups excluding tert-OH is 1. The smallest absolute Gasteiger partial charge is 0.462 e. The average molecular weight is 1340 g/mol. The molecule has 5 atom stereocenters. The molecule has 0 amide bonds. The van der Waals surface area contributed by atoms with Gasteiger partial charge in [-0.2, -0.15) is 0 Å². The Morgan fingerprint density at radius 2 is 0.505 bits per heavy atom. The number of esters is 4. The fourth-order valence-corrected chi connectivity index (χ4v) is 12.5. The molecular formula is C72H140O17P2. The van der Waals surface area contributed by atoms with Crippen LogP contribution in [0.2, 0.25) is 0 Å². The highest BCUT2D eigenvalue weighted by atomic mass is 31.2. The minimum atomic E-state index is -4.95. The van der Waals surface area contributed by atoms with Crippen LogP contribution < -0.4 is 0 Å². The standard InChI is InChI=1S/C72H140O17P2/c1-7-9-11-13-15-17-19-20-25-32-38-44-50-56-71(76)88-67(60-82-69(74)54-48-42-36-30-18-16-14-12-10-8-2)62-86-90(78,79)84-58-66(73)59-85-91(80,81)87-63-68(89-72(77)57-51-45-39-33-27-22-24-29-35-41-47-53-65(5)6)61-83-70(75)55-49-43-37-31-26-21-23-28-34-40-46-52-64(3)4/h64-68,73H,7-63H2,1-6H3,(H,78,79)(H,80,81)/t66-,67+,68+/m0/s1. The molecule has 0 fully saturated rings. The van der Waals surface area contributed by atoms with E-state index in [1.54, 1.807) is 0 Å². The molecule has 0 aliphatic heterocycles. The molecule has 0 heterocycles. The molecule has 0 aromatic heterocycles. The second-order valence-corrected chi connectivity index (χ2v) is 29.8. The van der Waals surface area contributed by atoms with E-state index in [4.69, 9.17) is 37.0 Å². The summed E-state index contributed by atoms with van der Waals surface area (Å²) >= 11 is 0. The topological polar surface area (TPSA) is 237 Å². The van der Waals surface area contributed by atoms with E-state index in [1.807, 2.05) is 0 Å². The van der Waals surface area contributed by atoms with Crippen LogP contribution in [0.5, 0.6) is 0 Å². The molecule has 0 saturated heterocycles. The van der Waals surface area contributed by atoms with E-state index >= 15 is 0 Å². The van der Waals surface area contributed by atoms with Crippen molar-refractivity contribution in [3.63, 3.8) is 0 Å². The van der Waals surface area contributed by atoms with Gasteiger partial charge in [-0.05, 0) is 37.5 Å². The van der Waals surface area contributed by atoms with Crippen molar-refractivity contribution in [3.05, 3.63) is 0 Å². The Balaban J connectivity index is 5.25. The summed E-state index contributed by atoms with van der Waals surface area (Å²) in [5.74, 6) is -0.583. The van der Waals surface area contributed by atoms with Crippen LogP contribution in [-0.2, 0) is 65.4 Å². The van der Waals surface area contributed by atoms with E-state index in [0.29, 0.717) is 25.7 Å². The highest BCUT2D eigenvalue weighted by Gasteiger charge is 2.30. The number of phosphoric ester groups is 2. The lowest BCUT2D eigenvalue weighted by molar-refractivity contribution is -0.161. The molecule has 0 spiro atoms. The van der Waals surface area contributed by atoms with Gasteiger partial charge in [-0.25, -0.2) is 9.13 Å². The molecule has 0 aliphatic carbocycles. The zero-order chi connectivity index (χ0) is 67.2. The van der Waals surface area contributed by atoms with Crippen LogP contribution in [-0.4, -0.2) is 96.7 Å². The SMILES string of the molecule is CCCCCCCCCCCCCCCC(=O)O[C@H](COC(=O)CCCCCCCCCCCC)COP(=O)(O)OC[C@H](O)COP(=O)(O)OC[C@@H](COC(=O)CCCCCCCCCCCCCC(C)C)OC(=O)CCCCCCCCCCCCCC(C)C. The molecule has 0 radical (unpaired) electrons. The molecular weight excluding hydrogens is 1200 g/mol. The van der Waals surface area contributed by atoms with Crippen molar-refractivity contribution in [2.75, 3.05) is 39.6 Å². The summed E-state index contributed by atoms with van der Waals surface area (Å²) in [7, 11) is -9.90. The van der Waals surface area contributed by atoms with Gasteiger partial charge in [0.1, 0.15) is 19.3 Å². The molecule has 0 bridgehead atoms. The zero-order valence-electron chi connectivity index (χ0n) is 59.1. The number of ether oxygens (including phenoxy) is 4. The van der Waals surface area contributed by atoms with Crippen molar-refractivity contribution in [2.45, 2.75) is 387 Å². The molecule has 0 aliphatic rings. The second-order valence-electron chi connectivity index (χ2n) is 26.9. The molecule has 91 heavy (non-hydrogen) atoms. The number of carbonyl (C=O) groups is 4. The van der Waals surface area contributed by atoms with E-state index in [1.165, 1.54) is 186 Å². The number of hydrogen-bond donors (Lipinski definition) is 3. The van der Waals surface area contributed by atoms with Crippen molar-refractivity contribution in [1.29, 1.82) is 0 Å². The van der Waals surface area contributed by atoms with Crippen LogP contribution in [0.1, 0.15) is 369 Å². The third kappa shape index (κ3) is 66.5. The van der Waals surface area contributed by atoms with E-state index in [9.17, 15) is 43.2 Å². The fraction of sp³-hybridized carbons (Fsp3) is 0.944. The summed E-state index contributed by atoms with van der Waals surface area (Å²) < 4.78 is 68.4. The van der Waals surface area contributed by atoms with Crippen LogP contribution in [0.15, 0.2) is 0 Å². The van der Waals surface area contributed by atoms with Gasteiger partial charge in [0, 0.05) is 25.7 Å². The van der Waals surface area contributed by atoms with Crippen molar-refractivity contribution in [3.8, 4) is 0 Å². The molecule has 0 rings (SSSR count). The third-order valence-corrected chi connectivity index (χ3v) is 18.6. The average Bonchev–Trinajstić information content (AvgIpc) is 3.51. The molecule has 0 saturated carbocycles. The van der Waals surface area contributed by atoms with Gasteiger partial charge in [-0.15, -0.1) is 0 Å². The first kappa shape index (κ1) is 89.1. The Labute approximate surface area is 556 Å². The number of hydrogen-bond acceptors (Lipinski definition) is 15. The number of carbonyl (C=O) groups excluding carboxylic acids is 4. The van der Waals surface area contributed by atoms with Gasteiger partial charge in [0.25, 0.3) is 0 Å². The zero-order valence-corrected chi connectivity index (χ0v) is 60.9. The summed E-state index contributed by atoms with van der Waals surface area (Å²) in [6.45, 7) is 9.57. The van der Waals surface area contributed by atoms with E-state index in [-0.39, 0.29) is 25.7 Å². The van der Waals surface area contributed by atoms with Crippen LogP contribution in [0.25, 0.3) is 0 Å². The molecule has 2 unspecified atom stereocenters. The van der Waals surface area contributed by atoms with Crippen LogP contribution >= 0.6 is 15.6 Å². The number of phosphoric acid groups is 2. The van der Waals surface area contributed by atoms with Crippen LogP contribution in [0.4, 0.5) is 0 Å². The Hall–Kier alpha value is -1.94. The minimum absolute atomic E-state index is 0.106. The number of rotatable bonds is 71. The van der Waals surface area contributed by atoms with Crippen LogP contribution in [0.3, 0.4) is 0 Å². The monoisotopic (exact) mass is 1340 g/mol. The highest BCUT2D eigenvalue weighted by molar-refractivity contribution is 7.47. The molecule has 0 aromatic rings. The summed E-state index contributed by atoms with van der Waals surface area (Å²) in [6.07, 6.45) is 49.8. The largest absolute Gasteiger partial charge is 0.472 e. The first-order chi connectivity index (χ1) is 43.9. The Morgan fingerprint density at radius 1 is 0.297 bits per heavy atom. The summed E-state index contributed by atoms with van der Waals surface area (Å²) in [6, 6.07) is 0. The maximum atomic E-state index is 13.0. The molecule has 0 aromatic carbocycles. The van der Waals surface area contributed by atoms with Crippen molar-refractivity contribution in [2.24, 2.45) is 11.8 Å². The van der Waals surface area contributed by atoms with Gasteiger partial charge >= 0.3 is 39.5 Å². The van der Waals surface area contributed by atoms with Crippen LogP contribution in [0, 0.1) is 11.8 Å². The third-order valence-electron chi connectivity index (χ3n) is 16.7. The fourth-order valence-electron chi connectivity index (χ4n) is 10.9. The lowest BCUT2D eigenvalue weighted by Crippen LogP contribution is -2.30. The van der Waals surface area contributed by atoms with Gasteiger partial charge in [-0.1, -0.05) is 318 Å². The van der Waals surface area contributed by atoms with E-state index in [0.717, 1.165) is 102 Å². The van der Waals surface area contributed by atoms with E-state index in [2.05, 4.69) is 41.5 Å². The first-order valence-corrected chi connectivity index (χ1v) is 40.5. The lowest BCUT2D eigenvalue weighted by Gasteiger charge is -2.21. The lowest BCUT2D eigenvalue weighted by atomic mass is 10.0. The van der Waals surface area contributed by atoms with Crippen molar-refractivity contribution < 1.29 is 80.2 Å². The van der Waals surface area contributed by atoms with Gasteiger partial charge in [-0.3, -0.25) is 37.3 Å². The predicted molar refractivity (Wildman–Crippen MR) is 368 cm³/mol. The predicted octanol–water partition coefficient (Wildman–Crippen LogP) is 20.8. The Kier molecular flexibility index (Phi) is 62.7. The Morgan fingerprint density at radius 3 is 0.747 bits per heavy atom. The normalized spacial score (nSPS) is 14.1. The summed E-state index contributed by atoms with van der Waals surface area (Å²) in [5.41, 5.74) is 0. The maximum Gasteiger partial charge on any atom is 0.472 e. The molecule has 3 N–H and O–H groups in total. The van der Waals surface area contributed by atoms with Gasteiger partial charge < -0.3 is 33.8 Å². The summed E-state index contributed by atoms with van der Waals surface area (Å²) in [5, 5.41) is 10.6. The quantitative estimate of drug-likeness (QED) is 0.0222. The van der Waals surface area contributed by atoms with Gasteiger partial charge in [0.2, 0.25) is 0 Å². The number of unbranched alkanes of at least 4 members (excludes halogenated alkanes) is 41. The summed E-state index contributed by atoms with van der Waals surface area (Å²) in [4.78, 5) is 72.6. The second kappa shape index (κ2) is 64.1. The van der Waals surface area contributed by atoms with Crippen molar-refractivity contribution >= 4 is 39.5 Å². The molecule has 540 valence electrons.